The van der Waals surface area contributed by atoms with Gasteiger partial charge < -0.3 is 9.88 Å². The zero-order chi connectivity index (χ0) is 20.0. The molecule has 0 saturated carbocycles. The second kappa shape index (κ2) is 9.35. The zero-order valence-corrected chi connectivity index (χ0v) is 17.1. The molecule has 1 fully saturated rings. The van der Waals surface area contributed by atoms with Crippen LogP contribution in [0.3, 0.4) is 0 Å². The van der Waals surface area contributed by atoms with Gasteiger partial charge in [-0.25, -0.2) is 8.42 Å². The van der Waals surface area contributed by atoms with Crippen LogP contribution in [0.15, 0.2) is 53.3 Å². The highest BCUT2D eigenvalue weighted by atomic mass is 32.2. The molecule has 1 aromatic carbocycles. The van der Waals surface area contributed by atoms with Gasteiger partial charge in [-0.3, -0.25) is 4.79 Å². The monoisotopic (exact) mass is 421 g/mol. The van der Waals surface area contributed by atoms with Gasteiger partial charge in [0.25, 0.3) is 0 Å². The molecule has 150 valence electrons. The minimum Gasteiger partial charge on any atom is -0.325 e. The Morgan fingerprint density at radius 3 is 2.82 bits per heavy atom. The molecule has 3 rings (SSSR count). The third kappa shape index (κ3) is 5.00. The number of nitrogens with zero attached hydrogens (tertiary/aromatic N) is 4. The number of hydrogen-bond donors (Lipinski definition) is 1. The average Bonchev–Trinajstić information content (AvgIpc) is 3.15. The summed E-state index contributed by atoms with van der Waals surface area (Å²) in [4.78, 5) is 12.5. The van der Waals surface area contributed by atoms with E-state index in [0.717, 1.165) is 19.3 Å². The van der Waals surface area contributed by atoms with Gasteiger partial charge in [0, 0.05) is 25.3 Å². The molecule has 2 heterocycles. The number of carbonyl (C=O) groups is 1. The maximum absolute atomic E-state index is 12.8. The van der Waals surface area contributed by atoms with Crippen LogP contribution in [0.2, 0.25) is 0 Å². The number of nitrogens with one attached hydrogen (secondary N) is 1. The van der Waals surface area contributed by atoms with Gasteiger partial charge in [-0.05, 0) is 31.0 Å². The summed E-state index contributed by atoms with van der Waals surface area (Å²) < 4.78 is 28.9. The van der Waals surface area contributed by atoms with E-state index >= 15 is 0 Å². The molecule has 2 aromatic rings. The van der Waals surface area contributed by atoms with Gasteiger partial charge in [-0.1, -0.05) is 30.3 Å². The lowest BCUT2D eigenvalue weighted by molar-refractivity contribution is -0.113. The Bertz CT molecular complexity index is 936. The smallest absolute Gasteiger partial charge is 0.243 e. The van der Waals surface area contributed by atoms with Crippen molar-refractivity contribution >= 4 is 33.4 Å². The fourth-order valence-electron chi connectivity index (χ4n) is 2.94. The quantitative estimate of drug-likeness (QED) is 0.519. The zero-order valence-electron chi connectivity index (χ0n) is 15.5. The Hall–Kier alpha value is -2.17. The molecular weight excluding hydrogens is 398 g/mol. The van der Waals surface area contributed by atoms with Crippen molar-refractivity contribution in [2.24, 2.45) is 0 Å². The molecule has 1 aromatic heterocycles. The molecule has 28 heavy (non-hydrogen) atoms. The Morgan fingerprint density at radius 2 is 2.07 bits per heavy atom. The minimum absolute atomic E-state index is 0.138. The maximum atomic E-state index is 12.8. The lowest BCUT2D eigenvalue weighted by atomic mass is 10.2. The van der Waals surface area contributed by atoms with Crippen molar-refractivity contribution in [3.05, 3.63) is 43.2 Å². The van der Waals surface area contributed by atoms with Crippen molar-refractivity contribution in [2.75, 3.05) is 24.2 Å². The van der Waals surface area contributed by atoms with Gasteiger partial charge >= 0.3 is 0 Å². The van der Waals surface area contributed by atoms with Gasteiger partial charge in [0.2, 0.25) is 15.9 Å². The number of aromatic nitrogens is 3. The van der Waals surface area contributed by atoms with E-state index in [1.54, 1.807) is 35.2 Å². The van der Waals surface area contributed by atoms with E-state index < -0.39 is 10.0 Å². The second-order valence-electron chi connectivity index (χ2n) is 6.38. The van der Waals surface area contributed by atoms with Crippen LogP contribution >= 0.6 is 11.8 Å². The van der Waals surface area contributed by atoms with E-state index in [4.69, 9.17) is 0 Å². The first-order chi connectivity index (χ1) is 13.5. The van der Waals surface area contributed by atoms with Gasteiger partial charge in [-0.15, -0.1) is 16.8 Å². The molecule has 1 saturated heterocycles. The van der Waals surface area contributed by atoms with Crippen LogP contribution in [-0.2, 0) is 21.4 Å². The first-order valence-corrected chi connectivity index (χ1v) is 11.4. The molecule has 0 bridgehead atoms. The topological polar surface area (TPSA) is 97.2 Å². The summed E-state index contributed by atoms with van der Waals surface area (Å²) in [6, 6.07) is 6.39. The highest BCUT2D eigenvalue weighted by Gasteiger charge is 2.26. The number of sulfonamides is 1. The molecule has 1 aliphatic heterocycles. The van der Waals surface area contributed by atoms with Gasteiger partial charge in [0.05, 0.1) is 10.6 Å². The van der Waals surface area contributed by atoms with Crippen molar-refractivity contribution in [3.8, 4) is 0 Å². The standard InChI is InChI=1S/C18H23N5O3S2/c1-2-9-22-14-19-21-18(22)27-13-17(24)20-15-7-6-8-16(12-15)28(25,26)23-10-4-3-5-11-23/h2,6-8,12,14H,1,3-5,9-11,13H2,(H,20,24). The third-order valence-corrected chi connectivity index (χ3v) is 7.18. The molecule has 0 aliphatic carbocycles. The summed E-state index contributed by atoms with van der Waals surface area (Å²) in [5.74, 6) is -0.107. The number of benzene rings is 1. The van der Waals surface area contributed by atoms with Crippen LogP contribution in [0, 0.1) is 0 Å². The highest BCUT2D eigenvalue weighted by Crippen LogP contribution is 2.23. The van der Waals surface area contributed by atoms with Gasteiger partial charge in [-0.2, -0.15) is 4.31 Å². The second-order valence-corrected chi connectivity index (χ2v) is 9.26. The van der Waals surface area contributed by atoms with Crippen LogP contribution in [0.1, 0.15) is 19.3 Å². The van der Waals surface area contributed by atoms with E-state index in [1.165, 1.54) is 22.1 Å². The normalized spacial score (nSPS) is 15.3. The fraction of sp³-hybridized carbons (Fsp3) is 0.389. The number of rotatable bonds is 8. The third-order valence-electron chi connectivity index (χ3n) is 4.31. The predicted molar refractivity (Wildman–Crippen MR) is 109 cm³/mol. The average molecular weight is 422 g/mol. The molecule has 0 unspecified atom stereocenters. The van der Waals surface area contributed by atoms with Crippen molar-refractivity contribution < 1.29 is 13.2 Å². The first-order valence-electron chi connectivity index (χ1n) is 9.02. The first kappa shape index (κ1) is 20.6. The fourth-order valence-corrected chi connectivity index (χ4v) is 5.22. The minimum atomic E-state index is -3.53. The Kier molecular flexibility index (Phi) is 6.87. The number of carbonyl (C=O) groups excluding carboxylic acids is 1. The number of thioether (sulfide) groups is 1. The number of anilines is 1. The molecule has 0 spiro atoms. The van der Waals surface area contributed by atoms with E-state index in [2.05, 4.69) is 22.1 Å². The van der Waals surface area contributed by atoms with Crippen LogP contribution in [0.4, 0.5) is 5.69 Å². The molecular formula is C18H23N5O3S2. The van der Waals surface area contributed by atoms with Crippen molar-refractivity contribution in [1.29, 1.82) is 0 Å². The van der Waals surface area contributed by atoms with E-state index in [-0.39, 0.29) is 16.6 Å². The summed E-state index contributed by atoms with van der Waals surface area (Å²) in [7, 11) is -3.53. The molecule has 8 nitrogen and oxygen atoms in total. The summed E-state index contributed by atoms with van der Waals surface area (Å²) in [5.41, 5.74) is 0.455. The molecule has 0 radical (unpaired) electrons. The summed E-state index contributed by atoms with van der Waals surface area (Å²) in [6.07, 6.45) is 6.12. The van der Waals surface area contributed by atoms with Crippen molar-refractivity contribution in [2.45, 2.75) is 35.9 Å². The van der Waals surface area contributed by atoms with Crippen LogP contribution in [0.25, 0.3) is 0 Å². The van der Waals surface area contributed by atoms with E-state index in [1.807, 2.05) is 0 Å². The predicted octanol–water partition coefficient (Wildman–Crippen LogP) is 2.37. The Morgan fingerprint density at radius 1 is 1.29 bits per heavy atom. The number of hydrogen-bond acceptors (Lipinski definition) is 6. The molecule has 1 amide bonds. The van der Waals surface area contributed by atoms with E-state index in [9.17, 15) is 13.2 Å². The number of piperidine rings is 1. The largest absolute Gasteiger partial charge is 0.325 e. The Labute approximate surface area is 169 Å². The van der Waals surface area contributed by atoms with Crippen LogP contribution < -0.4 is 5.32 Å². The van der Waals surface area contributed by atoms with Crippen LogP contribution in [0.5, 0.6) is 0 Å². The summed E-state index contributed by atoms with van der Waals surface area (Å²) in [5, 5.41) is 11.2. The summed E-state index contributed by atoms with van der Waals surface area (Å²) in [6.45, 7) is 5.32. The van der Waals surface area contributed by atoms with Gasteiger partial charge in [0.15, 0.2) is 5.16 Å². The van der Waals surface area contributed by atoms with E-state index in [0.29, 0.717) is 30.5 Å². The SMILES string of the molecule is C=CCn1cnnc1SCC(=O)Nc1cccc(S(=O)(=O)N2CCCCC2)c1. The Balaban J connectivity index is 1.63. The lowest BCUT2D eigenvalue weighted by Gasteiger charge is -2.26. The molecule has 0 atom stereocenters. The van der Waals surface area contributed by atoms with Crippen molar-refractivity contribution in [1.82, 2.24) is 19.1 Å². The van der Waals surface area contributed by atoms with Crippen molar-refractivity contribution in [3.63, 3.8) is 0 Å². The molecule has 10 heteroatoms. The van der Waals surface area contributed by atoms with Gasteiger partial charge in [0.1, 0.15) is 6.33 Å². The number of allylic oxidation sites excluding steroid dienone is 1. The van der Waals surface area contributed by atoms with Crippen LogP contribution in [-0.4, -0.2) is 52.2 Å². The summed E-state index contributed by atoms with van der Waals surface area (Å²) >= 11 is 1.26. The lowest BCUT2D eigenvalue weighted by Crippen LogP contribution is -2.35. The highest BCUT2D eigenvalue weighted by molar-refractivity contribution is 7.99. The molecule has 1 aliphatic rings. The molecule has 1 N–H and O–H groups in total. The number of amides is 1. The maximum Gasteiger partial charge on any atom is 0.243 e.